The van der Waals surface area contributed by atoms with Crippen molar-refractivity contribution in [3.63, 3.8) is 0 Å². The first-order valence-electron chi connectivity index (χ1n) is 5.08. The van der Waals surface area contributed by atoms with E-state index in [2.05, 4.69) is 5.32 Å². The van der Waals surface area contributed by atoms with Gasteiger partial charge >= 0.3 is 0 Å². The molecule has 0 spiro atoms. The standard InChI is InChI=1S/C12H17NO3/c1-9-6-12(16-3)10(7-11(9)15-2)8-13-4-5-14/h5-7,13H,4,8H2,1-3H3. The van der Waals surface area contributed by atoms with Crippen LogP contribution in [-0.2, 0) is 11.3 Å². The second kappa shape index (κ2) is 6.12. The Balaban J connectivity index is 2.90. The molecule has 1 N–H and O–H groups in total. The average Bonchev–Trinajstić information content (AvgIpc) is 2.30. The van der Waals surface area contributed by atoms with Gasteiger partial charge in [-0.1, -0.05) is 0 Å². The third-order valence-corrected chi connectivity index (χ3v) is 2.34. The van der Waals surface area contributed by atoms with Crippen molar-refractivity contribution in [2.75, 3.05) is 20.8 Å². The summed E-state index contributed by atoms with van der Waals surface area (Å²) in [7, 11) is 3.27. The Morgan fingerprint density at radius 1 is 1.25 bits per heavy atom. The Kier molecular flexibility index (Phi) is 4.79. The topological polar surface area (TPSA) is 47.6 Å². The highest BCUT2D eigenvalue weighted by Gasteiger charge is 2.07. The molecule has 0 aliphatic rings. The fraction of sp³-hybridized carbons (Fsp3) is 0.417. The molecule has 0 atom stereocenters. The maximum atomic E-state index is 10.2. The van der Waals surface area contributed by atoms with E-state index < -0.39 is 0 Å². The molecular weight excluding hydrogens is 206 g/mol. The van der Waals surface area contributed by atoms with Crippen molar-refractivity contribution in [1.82, 2.24) is 5.32 Å². The lowest BCUT2D eigenvalue weighted by Crippen LogP contribution is -2.16. The molecule has 1 aromatic carbocycles. The van der Waals surface area contributed by atoms with Crippen molar-refractivity contribution in [2.24, 2.45) is 0 Å². The highest BCUT2D eigenvalue weighted by atomic mass is 16.5. The van der Waals surface area contributed by atoms with Gasteiger partial charge in [-0.05, 0) is 24.6 Å². The van der Waals surface area contributed by atoms with E-state index in [0.717, 1.165) is 28.9 Å². The van der Waals surface area contributed by atoms with E-state index in [9.17, 15) is 4.79 Å². The van der Waals surface area contributed by atoms with Gasteiger partial charge in [0.1, 0.15) is 17.8 Å². The summed E-state index contributed by atoms with van der Waals surface area (Å²) < 4.78 is 10.5. The van der Waals surface area contributed by atoms with Crippen LogP contribution >= 0.6 is 0 Å². The lowest BCUT2D eigenvalue weighted by Gasteiger charge is -2.12. The van der Waals surface area contributed by atoms with E-state index in [1.54, 1.807) is 14.2 Å². The van der Waals surface area contributed by atoms with E-state index in [1.165, 1.54) is 0 Å². The summed E-state index contributed by atoms with van der Waals surface area (Å²) in [5.74, 6) is 1.63. The maximum Gasteiger partial charge on any atom is 0.133 e. The van der Waals surface area contributed by atoms with Crippen LogP contribution < -0.4 is 14.8 Å². The highest BCUT2D eigenvalue weighted by molar-refractivity contribution is 5.52. The zero-order valence-electron chi connectivity index (χ0n) is 9.87. The number of hydrogen-bond donors (Lipinski definition) is 1. The van der Waals surface area contributed by atoms with Gasteiger partial charge in [-0.25, -0.2) is 0 Å². The molecule has 0 fully saturated rings. The molecule has 0 unspecified atom stereocenters. The molecular formula is C12H17NO3. The van der Waals surface area contributed by atoms with E-state index in [1.807, 2.05) is 19.1 Å². The monoisotopic (exact) mass is 223 g/mol. The number of benzene rings is 1. The lowest BCUT2D eigenvalue weighted by molar-refractivity contribution is -0.107. The number of rotatable bonds is 6. The molecule has 4 heteroatoms. The third-order valence-electron chi connectivity index (χ3n) is 2.34. The highest BCUT2D eigenvalue weighted by Crippen LogP contribution is 2.27. The molecule has 0 aliphatic carbocycles. The van der Waals surface area contributed by atoms with Crippen LogP contribution in [0, 0.1) is 6.92 Å². The first kappa shape index (κ1) is 12.5. The summed E-state index contributed by atoms with van der Waals surface area (Å²) in [5, 5.41) is 2.99. The number of nitrogens with one attached hydrogen (secondary N) is 1. The van der Waals surface area contributed by atoms with E-state index in [0.29, 0.717) is 13.1 Å². The predicted octanol–water partition coefficient (Wildman–Crippen LogP) is 1.30. The van der Waals surface area contributed by atoms with Gasteiger partial charge in [0, 0.05) is 12.1 Å². The van der Waals surface area contributed by atoms with Gasteiger partial charge in [0.25, 0.3) is 0 Å². The van der Waals surface area contributed by atoms with Crippen LogP contribution in [-0.4, -0.2) is 27.1 Å². The molecule has 1 aromatic rings. The lowest BCUT2D eigenvalue weighted by atomic mass is 10.1. The maximum absolute atomic E-state index is 10.2. The van der Waals surface area contributed by atoms with Gasteiger partial charge in [0.15, 0.2) is 0 Å². The fourth-order valence-corrected chi connectivity index (χ4v) is 1.52. The number of hydrogen-bond acceptors (Lipinski definition) is 4. The molecule has 88 valence electrons. The summed E-state index contributed by atoms with van der Waals surface area (Å²) in [6, 6.07) is 3.85. The van der Waals surface area contributed by atoms with Crippen LogP contribution in [0.4, 0.5) is 0 Å². The van der Waals surface area contributed by atoms with Crippen molar-refractivity contribution in [3.05, 3.63) is 23.3 Å². The Labute approximate surface area is 95.6 Å². The zero-order valence-corrected chi connectivity index (χ0v) is 9.87. The minimum atomic E-state index is 0.333. The fourth-order valence-electron chi connectivity index (χ4n) is 1.52. The summed E-state index contributed by atoms with van der Waals surface area (Å²) in [4.78, 5) is 10.2. The van der Waals surface area contributed by atoms with Crippen LogP contribution in [0.2, 0.25) is 0 Å². The summed E-state index contributed by atoms with van der Waals surface area (Å²) in [6.07, 6.45) is 0.831. The van der Waals surface area contributed by atoms with Gasteiger partial charge in [0.2, 0.25) is 0 Å². The molecule has 4 nitrogen and oxygen atoms in total. The Hall–Kier alpha value is -1.55. The predicted molar refractivity (Wildman–Crippen MR) is 62.1 cm³/mol. The number of aryl methyl sites for hydroxylation is 1. The van der Waals surface area contributed by atoms with Gasteiger partial charge in [-0.3, -0.25) is 0 Å². The van der Waals surface area contributed by atoms with Crippen LogP contribution in [0.5, 0.6) is 11.5 Å². The molecule has 0 saturated carbocycles. The smallest absolute Gasteiger partial charge is 0.133 e. The molecule has 16 heavy (non-hydrogen) atoms. The van der Waals surface area contributed by atoms with E-state index in [-0.39, 0.29) is 0 Å². The minimum Gasteiger partial charge on any atom is -0.496 e. The first-order valence-corrected chi connectivity index (χ1v) is 5.08. The van der Waals surface area contributed by atoms with Crippen molar-refractivity contribution in [2.45, 2.75) is 13.5 Å². The molecule has 0 bridgehead atoms. The van der Waals surface area contributed by atoms with Crippen LogP contribution in [0.1, 0.15) is 11.1 Å². The van der Waals surface area contributed by atoms with Crippen LogP contribution in [0.15, 0.2) is 12.1 Å². The van der Waals surface area contributed by atoms with Gasteiger partial charge in [-0.2, -0.15) is 0 Å². The van der Waals surface area contributed by atoms with Gasteiger partial charge in [-0.15, -0.1) is 0 Å². The Morgan fingerprint density at radius 3 is 2.50 bits per heavy atom. The summed E-state index contributed by atoms with van der Waals surface area (Å²) in [5.41, 5.74) is 2.00. The second-order valence-corrected chi connectivity index (χ2v) is 3.43. The number of methoxy groups -OCH3 is 2. The van der Waals surface area contributed by atoms with E-state index >= 15 is 0 Å². The van der Waals surface area contributed by atoms with Crippen molar-refractivity contribution in [1.29, 1.82) is 0 Å². The molecule has 1 rings (SSSR count). The quantitative estimate of drug-likeness (QED) is 0.583. The second-order valence-electron chi connectivity index (χ2n) is 3.43. The summed E-state index contributed by atoms with van der Waals surface area (Å²) >= 11 is 0. The normalized spacial score (nSPS) is 9.94. The average molecular weight is 223 g/mol. The van der Waals surface area contributed by atoms with Gasteiger partial charge < -0.3 is 19.6 Å². The molecule has 0 radical (unpaired) electrons. The molecule has 0 heterocycles. The SMILES string of the molecule is COc1cc(CNCC=O)c(OC)cc1C. The van der Waals surface area contributed by atoms with Gasteiger partial charge in [0.05, 0.1) is 20.8 Å². The van der Waals surface area contributed by atoms with Crippen molar-refractivity contribution < 1.29 is 14.3 Å². The summed E-state index contributed by atoms with van der Waals surface area (Å²) in [6.45, 7) is 2.88. The molecule has 0 aliphatic heterocycles. The van der Waals surface area contributed by atoms with Crippen LogP contribution in [0.3, 0.4) is 0 Å². The molecule has 0 aromatic heterocycles. The van der Waals surface area contributed by atoms with Crippen molar-refractivity contribution in [3.8, 4) is 11.5 Å². The van der Waals surface area contributed by atoms with Crippen LogP contribution in [0.25, 0.3) is 0 Å². The number of ether oxygens (including phenoxy) is 2. The zero-order chi connectivity index (χ0) is 12.0. The third kappa shape index (κ3) is 2.97. The van der Waals surface area contributed by atoms with E-state index in [4.69, 9.17) is 9.47 Å². The largest absolute Gasteiger partial charge is 0.496 e. The first-order chi connectivity index (χ1) is 7.72. The Bertz CT molecular complexity index is 364. The molecule has 0 saturated heterocycles. The molecule has 0 amide bonds. The minimum absolute atomic E-state index is 0.333. The Morgan fingerprint density at radius 2 is 1.94 bits per heavy atom. The number of carbonyl (C=O) groups excluding carboxylic acids is 1. The number of aldehydes is 1. The number of carbonyl (C=O) groups is 1. The van der Waals surface area contributed by atoms with Crippen molar-refractivity contribution >= 4 is 6.29 Å².